The highest BCUT2D eigenvalue weighted by atomic mass is 32.2. The molecule has 0 aromatic heterocycles. The van der Waals surface area contributed by atoms with Crippen molar-refractivity contribution in [1.29, 1.82) is 0 Å². The molecule has 0 aromatic rings. The summed E-state index contributed by atoms with van der Waals surface area (Å²) in [7, 11) is 0. The minimum absolute atomic E-state index is 0.00768. The number of amides is 5. The fourth-order valence-electron chi connectivity index (χ4n) is 2.51. The molecule has 13 nitrogen and oxygen atoms in total. The first kappa shape index (κ1) is 30.5. The van der Waals surface area contributed by atoms with Crippen LogP contribution in [-0.2, 0) is 28.8 Å². The Hall–Kier alpha value is -2.52. The Morgan fingerprint density at radius 1 is 0.818 bits per heavy atom. The summed E-state index contributed by atoms with van der Waals surface area (Å²) in [4.78, 5) is 71.4. The Balaban J connectivity index is 5.54. The van der Waals surface area contributed by atoms with Crippen LogP contribution in [0.3, 0.4) is 0 Å². The van der Waals surface area contributed by atoms with Crippen LogP contribution in [-0.4, -0.2) is 82.5 Å². The maximum Gasteiger partial charge on any atom is 0.326 e. The number of thioether (sulfide) groups is 1. The van der Waals surface area contributed by atoms with Gasteiger partial charge in [-0.25, -0.2) is 4.79 Å². The number of nitrogens with two attached hydrogens (primary N) is 3. The average Bonchev–Trinajstić information content (AvgIpc) is 2.74. The van der Waals surface area contributed by atoms with E-state index in [1.54, 1.807) is 6.26 Å². The highest BCUT2D eigenvalue weighted by Crippen LogP contribution is 2.06. The summed E-state index contributed by atoms with van der Waals surface area (Å²) in [6, 6.07) is -4.84. The summed E-state index contributed by atoms with van der Waals surface area (Å²) >= 11 is 5.30. The van der Waals surface area contributed by atoms with Gasteiger partial charge >= 0.3 is 5.97 Å². The fraction of sp³-hybridized carbons (Fsp3) is 0.667. The zero-order valence-corrected chi connectivity index (χ0v) is 20.0. The van der Waals surface area contributed by atoms with E-state index in [0.29, 0.717) is 5.75 Å². The Morgan fingerprint density at radius 2 is 1.24 bits per heavy atom. The van der Waals surface area contributed by atoms with Crippen molar-refractivity contribution in [3.05, 3.63) is 0 Å². The zero-order valence-electron chi connectivity index (χ0n) is 18.2. The van der Waals surface area contributed by atoms with Crippen molar-refractivity contribution < 1.29 is 33.9 Å². The van der Waals surface area contributed by atoms with Crippen molar-refractivity contribution in [2.45, 2.75) is 56.3 Å². The van der Waals surface area contributed by atoms with Gasteiger partial charge in [0.05, 0.1) is 6.04 Å². The molecule has 0 aliphatic rings. The van der Waals surface area contributed by atoms with Gasteiger partial charge in [0.2, 0.25) is 29.5 Å². The van der Waals surface area contributed by atoms with Gasteiger partial charge < -0.3 is 38.3 Å². The van der Waals surface area contributed by atoms with Crippen molar-refractivity contribution in [1.82, 2.24) is 16.0 Å². The minimum Gasteiger partial charge on any atom is -0.480 e. The molecule has 0 aliphatic carbocycles. The standard InChI is InChI=1S/C18H32N6O7S2/c1-33-7-6-12(18(30)31)24-17(29)11(3-5-14(21)26)23-16(28)10(2-4-13(20)25)22-15(27)9(19)8-32/h9-12,32H,2-8,19H2,1H3,(H2,20,25)(H2,21,26)(H,22,27)(H,23,28)(H,24,29)(H,30,31). The Kier molecular flexibility index (Phi) is 14.9. The van der Waals surface area contributed by atoms with Gasteiger partial charge in [-0.2, -0.15) is 24.4 Å². The summed E-state index contributed by atoms with van der Waals surface area (Å²) in [5.41, 5.74) is 15.8. The molecule has 0 rings (SSSR count). The van der Waals surface area contributed by atoms with Crippen LogP contribution in [0.15, 0.2) is 0 Å². The van der Waals surface area contributed by atoms with E-state index < -0.39 is 59.7 Å². The average molecular weight is 509 g/mol. The molecule has 0 spiro atoms. The van der Waals surface area contributed by atoms with E-state index in [1.165, 1.54) is 11.8 Å². The number of carboxylic acid groups (broad SMARTS) is 1. The molecule has 0 heterocycles. The number of nitrogens with one attached hydrogen (secondary N) is 3. The largest absolute Gasteiger partial charge is 0.480 e. The van der Waals surface area contributed by atoms with E-state index in [4.69, 9.17) is 17.2 Å². The number of primary amides is 2. The lowest BCUT2D eigenvalue weighted by Gasteiger charge is -2.25. The Bertz CT molecular complexity index is 724. The number of hydrogen-bond donors (Lipinski definition) is 8. The van der Waals surface area contributed by atoms with E-state index in [2.05, 4.69) is 28.6 Å². The third-order valence-electron chi connectivity index (χ3n) is 4.38. The molecule has 0 fully saturated rings. The number of carboxylic acids is 1. The highest BCUT2D eigenvalue weighted by molar-refractivity contribution is 7.98. The number of thiol groups is 1. The monoisotopic (exact) mass is 508 g/mol. The Labute approximate surface area is 201 Å². The third kappa shape index (κ3) is 12.9. The van der Waals surface area contributed by atoms with Gasteiger partial charge in [-0.3, -0.25) is 24.0 Å². The van der Waals surface area contributed by atoms with Crippen molar-refractivity contribution in [2.75, 3.05) is 17.8 Å². The van der Waals surface area contributed by atoms with Crippen LogP contribution in [0.4, 0.5) is 0 Å². The number of carbonyl (C=O) groups is 6. The second-order valence-corrected chi connectivity index (χ2v) is 8.45. The first-order valence-corrected chi connectivity index (χ1v) is 12.0. The van der Waals surface area contributed by atoms with Crippen LogP contribution in [0.5, 0.6) is 0 Å². The van der Waals surface area contributed by atoms with Gasteiger partial charge in [0.15, 0.2) is 0 Å². The van der Waals surface area contributed by atoms with Crippen LogP contribution in [0.25, 0.3) is 0 Å². The molecule has 0 aromatic carbocycles. The lowest BCUT2D eigenvalue weighted by Crippen LogP contribution is -2.57. The van der Waals surface area contributed by atoms with Crippen molar-refractivity contribution in [3.63, 3.8) is 0 Å². The van der Waals surface area contributed by atoms with Crippen LogP contribution < -0.4 is 33.2 Å². The third-order valence-corrected chi connectivity index (χ3v) is 5.42. The molecule has 15 heteroatoms. The molecule has 188 valence electrons. The van der Waals surface area contributed by atoms with Gasteiger partial charge in [-0.1, -0.05) is 0 Å². The minimum atomic E-state index is -1.33. The zero-order chi connectivity index (χ0) is 25.6. The number of carbonyl (C=O) groups excluding carboxylic acids is 5. The predicted molar refractivity (Wildman–Crippen MR) is 125 cm³/mol. The molecule has 4 unspecified atom stereocenters. The van der Waals surface area contributed by atoms with Gasteiger partial charge in [-0.05, 0) is 31.3 Å². The van der Waals surface area contributed by atoms with Crippen LogP contribution in [0, 0.1) is 0 Å². The highest BCUT2D eigenvalue weighted by Gasteiger charge is 2.30. The van der Waals surface area contributed by atoms with E-state index in [0.717, 1.165) is 0 Å². The van der Waals surface area contributed by atoms with Gasteiger partial charge in [0.1, 0.15) is 18.1 Å². The van der Waals surface area contributed by atoms with Gasteiger partial charge in [-0.15, -0.1) is 0 Å². The fourth-order valence-corrected chi connectivity index (χ4v) is 3.15. The topological polar surface area (TPSA) is 237 Å². The Morgan fingerprint density at radius 3 is 1.61 bits per heavy atom. The molecule has 10 N–H and O–H groups in total. The SMILES string of the molecule is CSCCC(NC(=O)C(CCC(N)=O)NC(=O)C(CCC(N)=O)NC(=O)C(N)CS)C(=O)O. The number of hydrogen-bond acceptors (Lipinski definition) is 9. The number of aliphatic carboxylic acids is 1. The molecular weight excluding hydrogens is 476 g/mol. The molecule has 4 atom stereocenters. The smallest absolute Gasteiger partial charge is 0.326 e. The van der Waals surface area contributed by atoms with E-state index in [1.807, 2.05) is 0 Å². The quantitative estimate of drug-likeness (QED) is 0.0937. The molecule has 0 aliphatic heterocycles. The van der Waals surface area contributed by atoms with Gasteiger partial charge in [0, 0.05) is 18.6 Å². The summed E-state index contributed by atoms with van der Waals surface area (Å²) in [5.74, 6) is -4.67. The summed E-state index contributed by atoms with van der Waals surface area (Å²) < 4.78 is 0. The first-order valence-electron chi connectivity index (χ1n) is 9.98. The second kappa shape index (κ2) is 16.1. The van der Waals surface area contributed by atoms with Crippen LogP contribution in [0.2, 0.25) is 0 Å². The van der Waals surface area contributed by atoms with E-state index in [9.17, 15) is 33.9 Å². The van der Waals surface area contributed by atoms with Crippen molar-refractivity contribution in [3.8, 4) is 0 Å². The maximum atomic E-state index is 12.8. The van der Waals surface area contributed by atoms with Crippen LogP contribution in [0.1, 0.15) is 32.1 Å². The van der Waals surface area contributed by atoms with Crippen LogP contribution >= 0.6 is 24.4 Å². The molecule has 0 bridgehead atoms. The molecular formula is C18H32N6O7S2. The molecule has 0 saturated carbocycles. The molecule has 0 saturated heterocycles. The summed E-state index contributed by atoms with van der Waals surface area (Å²) in [6.45, 7) is 0. The lowest BCUT2D eigenvalue weighted by atomic mass is 10.1. The first-order chi connectivity index (χ1) is 15.4. The van der Waals surface area contributed by atoms with E-state index in [-0.39, 0.29) is 37.9 Å². The molecule has 5 amide bonds. The van der Waals surface area contributed by atoms with E-state index >= 15 is 0 Å². The summed E-state index contributed by atoms with van der Waals surface area (Å²) in [5, 5.41) is 16.4. The molecule has 33 heavy (non-hydrogen) atoms. The van der Waals surface area contributed by atoms with Gasteiger partial charge in [0.25, 0.3) is 0 Å². The number of rotatable bonds is 17. The maximum absolute atomic E-state index is 12.8. The lowest BCUT2D eigenvalue weighted by molar-refractivity contribution is -0.142. The van der Waals surface area contributed by atoms with Crippen molar-refractivity contribution in [2.24, 2.45) is 17.2 Å². The summed E-state index contributed by atoms with van der Waals surface area (Å²) in [6.07, 6.45) is 0.997. The second-order valence-electron chi connectivity index (χ2n) is 7.10. The normalized spacial score (nSPS) is 14.3. The predicted octanol–water partition coefficient (Wildman–Crippen LogP) is -2.93. The van der Waals surface area contributed by atoms with Crippen molar-refractivity contribution >= 4 is 59.9 Å². The molecule has 0 radical (unpaired) electrons.